The molecule has 0 aliphatic heterocycles. The quantitative estimate of drug-likeness (QED) is 0.874. The van der Waals surface area contributed by atoms with Crippen molar-refractivity contribution in [3.63, 3.8) is 0 Å². The second-order valence-electron chi connectivity index (χ2n) is 4.37. The van der Waals surface area contributed by atoms with Gasteiger partial charge in [-0.25, -0.2) is 8.42 Å². The molecule has 1 heterocycles. The van der Waals surface area contributed by atoms with Gasteiger partial charge in [-0.1, -0.05) is 12.1 Å². The van der Waals surface area contributed by atoms with Gasteiger partial charge >= 0.3 is 0 Å². The van der Waals surface area contributed by atoms with E-state index in [4.69, 9.17) is 5.73 Å². The average Bonchev–Trinajstić information content (AvgIpc) is 2.84. The van der Waals surface area contributed by atoms with Crippen LogP contribution in [0.25, 0.3) is 0 Å². The Morgan fingerprint density at radius 1 is 1.30 bits per heavy atom. The molecule has 108 valence electrons. The van der Waals surface area contributed by atoms with Gasteiger partial charge in [-0.15, -0.1) is 11.3 Å². The van der Waals surface area contributed by atoms with Crippen LogP contribution in [-0.2, 0) is 23.1 Å². The number of sulfonamides is 1. The molecule has 0 atom stereocenters. The van der Waals surface area contributed by atoms with E-state index in [1.54, 1.807) is 25.2 Å². The van der Waals surface area contributed by atoms with Gasteiger partial charge in [0.1, 0.15) is 0 Å². The lowest BCUT2D eigenvalue weighted by Crippen LogP contribution is -2.26. The lowest BCUT2D eigenvalue weighted by molar-refractivity contribution is 0.467. The maximum absolute atomic E-state index is 12.5. The van der Waals surface area contributed by atoms with E-state index in [0.29, 0.717) is 13.1 Å². The summed E-state index contributed by atoms with van der Waals surface area (Å²) in [4.78, 5) is 0.275. The maximum atomic E-state index is 12.5. The summed E-state index contributed by atoms with van der Waals surface area (Å²) in [5, 5.41) is 1.94. The van der Waals surface area contributed by atoms with Crippen LogP contribution < -0.4 is 5.73 Å². The molecule has 0 aliphatic carbocycles. The Balaban J connectivity index is 2.24. The molecule has 1 aromatic heterocycles. The normalized spacial score (nSPS) is 12.0. The Bertz CT molecular complexity index is 698. The monoisotopic (exact) mass is 374 g/mol. The first kappa shape index (κ1) is 15.7. The molecule has 2 aromatic rings. The van der Waals surface area contributed by atoms with Gasteiger partial charge in [-0.3, -0.25) is 0 Å². The molecule has 20 heavy (non-hydrogen) atoms. The Hall–Kier alpha value is -0.730. The molecule has 1 aromatic carbocycles. The molecule has 2 rings (SSSR count). The van der Waals surface area contributed by atoms with Crippen LogP contribution in [0, 0.1) is 0 Å². The third-order valence-corrected chi connectivity index (χ3v) is 6.22. The van der Waals surface area contributed by atoms with Gasteiger partial charge in [-0.05, 0) is 50.6 Å². The molecule has 0 radical (unpaired) electrons. The first-order valence-corrected chi connectivity index (χ1v) is 9.03. The van der Waals surface area contributed by atoms with Gasteiger partial charge in [0.05, 0.1) is 8.68 Å². The lowest BCUT2D eigenvalue weighted by Gasteiger charge is -2.17. The van der Waals surface area contributed by atoms with Crippen LogP contribution in [0.3, 0.4) is 0 Å². The van der Waals surface area contributed by atoms with E-state index in [1.807, 2.05) is 17.5 Å². The highest BCUT2D eigenvalue weighted by Gasteiger charge is 2.21. The summed E-state index contributed by atoms with van der Waals surface area (Å²) >= 11 is 4.91. The molecule has 0 saturated carbocycles. The summed E-state index contributed by atoms with van der Waals surface area (Å²) in [6.45, 7) is 0.668. The minimum atomic E-state index is -3.49. The zero-order valence-electron chi connectivity index (χ0n) is 10.9. The summed E-state index contributed by atoms with van der Waals surface area (Å²) in [6, 6.07) is 8.66. The fourth-order valence-electron chi connectivity index (χ4n) is 1.78. The Morgan fingerprint density at radius 3 is 2.65 bits per heavy atom. The molecule has 2 N–H and O–H groups in total. The largest absolute Gasteiger partial charge is 0.326 e. The third-order valence-electron chi connectivity index (χ3n) is 2.87. The predicted molar refractivity (Wildman–Crippen MR) is 85.0 cm³/mol. The zero-order valence-corrected chi connectivity index (χ0v) is 14.1. The highest BCUT2D eigenvalue weighted by Crippen LogP contribution is 2.23. The molecule has 0 fully saturated rings. The minimum absolute atomic E-state index is 0.275. The van der Waals surface area contributed by atoms with Crippen LogP contribution in [0.2, 0.25) is 0 Å². The molecule has 7 heteroatoms. The van der Waals surface area contributed by atoms with Crippen molar-refractivity contribution >= 4 is 37.3 Å². The number of nitrogens with two attached hydrogens (primary N) is 1. The second-order valence-corrected chi connectivity index (χ2v) is 8.71. The smallest absolute Gasteiger partial charge is 0.243 e. The summed E-state index contributed by atoms with van der Waals surface area (Å²) in [7, 11) is -1.91. The van der Waals surface area contributed by atoms with Crippen LogP contribution in [0.4, 0.5) is 0 Å². The number of hydrogen-bond donors (Lipinski definition) is 1. The van der Waals surface area contributed by atoms with Gasteiger partial charge < -0.3 is 5.73 Å². The number of rotatable bonds is 5. The van der Waals surface area contributed by atoms with Crippen molar-refractivity contribution in [2.75, 3.05) is 7.05 Å². The number of benzene rings is 1. The molecule has 4 nitrogen and oxygen atoms in total. The lowest BCUT2D eigenvalue weighted by atomic mass is 10.2. The molecule has 0 amide bonds. The fourth-order valence-corrected chi connectivity index (χ4v) is 4.21. The number of thiophene rings is 1. The molecule has 0 aliphatic rings. The third kappa shape index (κ3) is 3.48. The first-order valence-electron chi connectivity index (χ1n) is 5.92. The van der Waals surface area contributed by atoms with Crippen LogP contribution in [0.15, 0.2) is 44.4 Å². The van der Waals surface area contributed by atoms with Crippen LogP contribution in [0.1, 0.15) is 11.1 Å². The van der Waals surface area contributed by atoms with Crippen molar-refractivity contribution in [2.45, 2.75) is 18.0 Å². The van der Waals surface area contributed by atoms with E-state index < -0.39 is 10.0 Å². The highest BCUT2D eigenvalue weighted by molar-refractivity contribution is 9.11. The van der Waals surface area contributed by atoms with Crippen molar-refractivity contribution in [3.05, 3.63) is 50.6 Å². The van der Waals surface area contributed by atoms with E-state index in [-0.39, 0.29) is 4.90 Å². The van der Waals surface area contributed by atoms with Crippen molar-refractivity contribution in [1.29, 1.82) is 0 Å². The molecular formula is C13H15BrN2O2S2. The Morgan fingerprint density at radius 2 is 2.05 bits per heavy atom. The first-order chi connectivity index (χ1) is 9.43. The van der Waals surface area contributed by atoms with E-state index in [2.05, 4.69) is 15.9 Å². The van der Waals surface area contributed by atoms with Crippen molar-refractivity contribution < 1.29 is 8.42 Å². The summed E-state index contributed by atoms with van der Waals surface area (Å²) in [6.07, 6.45) is 0. The summed E-state index contributed by atoms with van der Waals surface area (Å²) in [5.74, 6) is 0. The SMILES string of the molecule is CN(Cc1csc(Br)c1)S(=O)(=O)c1cccc(CN)c1. The van der Waals surface area contributed by atoms with Crippen LogP contribution in [0.5, 0.6) is 0 Å². The Labute approximate surface area is 131 Å². The molecule has 0 bridgehead atoms. The zero-order chi connectivity index (χ0) is 14.8. The van der Waals surface area contributed by atoms with E-state index >= 15 is 0 Å². The average molecular weight is 375 g/mol. The fraction of sp³-hybridized carbons (Fsp3) is 0.231. The van der Waals surface area contributed by atoms with E-state index in [9.17, 15) is 8.42 Å². The molecule has 0 unspecified atom stereocenters. The number of nitrogens with zero attached hydrogens (tertiary/aromatic N) is 1. The standard InChI is InChI=1S/C13H15BrN2O2S2/c1-16(8-11-6-13(14)19-9-11)20(17,18)12-4-2-3-10(5-12)7-15/h2-6,9H,7-8,15H2,1H3. The molecule has 0 spiro atoms. The van der Waals surface area contributed by atoms with Crippen molar-refractivity contribution in [2.24, 2.45) is 5.73 Å². The number of halogens is 1. The minimum Gasteiger partial charge on any atom is -0.326 e. The van der Waals surface area contributed by atoms with Gasteiger partial charge in [0.2, 0.25) is 10.0 Å². The number of hydrogen-bond acceptors (Lipinski definition) is 4. The van der Waals surface area contributed by atoms with Crippen molar-refractivity contribution in [1.82, 2.24) is 4.31 Å². The predicted octanol–water partition coefficient (Wildman–Crippen LogP) is 2.79. The maximum Gasteiger partial charge on any atom is 0.243 e. The van der Waals surface area contributed by atoms with Gasteiger partial charge in [0.25, 0.3) is 0 Å². The topological polar surface area (TPSA) is 63.4 Å². The highest BCUT2D eigenvalue weighted by atomic mass is 79.9. The molecular weight excluding hydrogens is 360 g/mol. The van der Waals surface area contributed by atoms with Crippen molar-refractivity contribution in [3.8, 4) is 0 Å². The van der Waals surface area contributed by atoms with E-state index in [0.717, 1.165) is 14.9 Å². The van der Waals surface area contributed by atoms with Crippen LogP contribution in [-0.4, -0.2) is 19.8 Å². The van der Waals surface area contributed by atoms with Gasteiger partial charge in [0.15, 0.2) is 0 Å². The van der Waals surface area contributed by atoms with E-state index in [1.165, 1.54) is 15.6 Å². The Kier molecular flexibility index (Phi) is 4.98. The molecule has 0 saturated heterocycles. The van der Waals surface area contributed by atoms with Crippen LogP contribution >= 0.6 is 27.3 Å². The summed E-state index contributed by atoms with van der Waals surface area (Å²) < 4.78 is 27.3. The summed E-state index contributed by atoms with van der Waals surface area (Å²) in [5.41, 5.74) is 7.32. The second kappa shape index (κ2) is 6.36. The van der Waals surface area contributed by atoms with Gasteiger partial charge in [0, 0.05) is 20.1 Å². The van der Waals surface area contributed by atoms with Gasteiger partial charge in [-0.2, -0.15) is 4.31 Å².